The van der Waals surface area contributed by atoms with Gasteiger partial charge in [0.25, 0.3) is 10.0 Å². The number of amides is 1. The van der Waals surface area contributed by atoms with E-state index in [1.807, 2.05) is 30.3 Å². The summed E-state index contributed by atoms with van der Waals surface area (Å²) in [6, 6.07) is 8.99. The van der Waals surface area contributed by atoms with Gasteiger partial charge in [-0.15, -0.1) is 0 Å². The molecule has 3 rings (SSSR count). The number of hydrogen-bond donors (Lipinski definition) is 1. The minimum Gasteiger partial charge on any atom is -0.450 e. The van der Waals surface area contributed by atoms with Crippen LogP contribution in [0.1, 0.15) is 19.8 Å². The first-order chi connectivity index (χ1) is 12.5. The van der Waals surface area contributed by atoms with Crippen molar-refractivity contribution in [2.75, 3.05) is 19.7 Å². The number of aromatic nitrogens is 2. The maximum absolute atomic E-state index is 12.6. The molecule has 0 bridgehead atoms. The first-order valence-electron chi connectivity index (χ1n) is 8.33. The van der Waals surface area contributed by atoms with Gasteiger partial charge >= 0.3 is 6.09 Å². The van der Waals surface area contributed by atoms with Gasteiger partial charge in [-0.25, -0.2) is 22.9 Å². The SMILES string of the molecule is CCOC(=O)N1CCC(NS(=O)(=O)c2nc(-c3ccccc3)ns2)CC1. The van der Waals surface area contributed by atoms with E-state index in [0.717, 1.165) is 17.1 Å². The Hall–Kier alpha value is -2.04. The summed E-state index contributed by atoms with van der Waals surface area (Å²) in [5, 5.41) is 0. The van der Waals surface area contributed by atoms with E-state index >= 15 is 0 Å². The molecule has 1 N–H and O–H groups in total. The Morgan fingerprint density at radius 1 is 1.31 bits per heavy atom. The van der Waals surface area contributed by atoms with Gasteiger partial charge in [0.05, 0.1) is 6.61 Å². The summed E-state index contributed by atoms with van der Waals surface area (Å²) in [4.78, 5) is 17.4. The average molecular weight is 396 g/mol. The number of benzene rings is 1. The lowest BCUT2D eigenvalue weighted by Gasteiger charge is -2.31. The molecule has 140 valence electrons. The zero-order valence-electron chi connectivity index (χ0n) is 14.3. The van der Waals surface area contributed by atoms with Crippen molar-refractivity contribution in [1.82, 2.24) is 19.0 Å². The van der Waals surface area contributed by atoms with Gasteiger partial charge in [0, 0.05) is 24.7 Å². The van der Waals surface area contributed by atoms with Crippen molar-refractivity contribution < 1.29 is 17.9 Å². The van der Waals surface area contributed by atoms with Crippen LogP contribution >= 0.6 is 11.5 Å². The van der Waals surface area contributed by atoms with Crippen LogP contribution in [0.2, 0.25) is 0 Å². The standard InChI is InChI=1S/C16H20N4O4S2/c1-2-24-16(21)20-10-8-13(9-11-20)19-26(22,23)15-17-14(18-25-15)12-6-4-3-5-7-12/h3-7,13,19H,2,8-11H2,1H3. The van der Waals surface area contributed by atoms with Gasteiger partial charge in [-0.05, 0) is 31.3 Å². The molecule has 2 aromatic rings. The molecule has 0 spiro atoms. The monoisotopic (exact) mass is 396 g/mol. The number of carbonyl (C=O) groups is 1. The molecule has 8 nitrogen and oxygen atoms in total. The molecule has 0 unspecified atom stereocenters. The lowest BCUT2D eigenvalue weighted by molar-refractivity contribution is 0.0966. The number of carbonyl (C=O) groups excluding carboxylic acids is 1. The van der Waals surface area contributed by atoms with Gasteiger partial charge in [0.1, 0.15) is 0 Å². The summed E-state index contributed by atoms with van der Waals surface area (Å²) >= 11 is 0.856. The summed E-state index contributed by atoms with van der Waals surface area (Å²) < 4.78 is 36.8. The zero-order chi connectivity index (χ0) is 18.6. The van der Waals surface area contributed by atoms with E-state index in [9.17, 15) is 13.2 Å². The smallest absolute Gasteiger partial charge is 0.409 e. The van der Waals surface area contributed by atoms with Gasteiger partial charge in [-0.2, -0.15) is 4.37 Å². The third kappa shape index (κ3) is 4.37. The first kappa shape index (κ1) is 18.7. The molecule has 26 heavy (non-hydrogen) atoms. The number of likely N-dealkylation sites (tertiary alicyclic amines) is 1. The fraction of sp³-hybridized carbons (Fsp3) is 0.438. The Labute approximate surface area is 156 Å². The Bertz CT molecular complexity index is 846. The van der Waals surface area contributed by atoms with Crippen molar-refractivity contribution >= 4 is 27.6 Å². The molecule has 0 saturated carbocycles. The fourth-order valence-electron chi connectivity index (χ4n) is 2.69. The maximum Gasteiger partial charge on any atom is 0.409 e. The van der Waals surface area contributed by atoms with E-state index in [-0.39, 0.29) is 16.5 Å². The number of hydrogen-bond acceptors (Lipinski definition) is 7. The highest BCUT2D eigenvalue weighted by Gasteiger charge is 2.29. The summed E-state index contributed by atoms with van der Waals surface area (Å²) in [6.45, 7) is 2.99. The topological polar surface area (TPSA) is 101 Å². The summed E-state index contributed by atoms with van der Waals surface area (Å²) in [6.07, 6.45) is 0.704. The number of nitrogens with one attached hydrogen (secondary N) is 1. The molecule has 2 heterocycles. The van der Waals surface area contributed by atoms with E-state index in [2.05, 4.69) is 14.1 Å². The maximum atomic E-state index is 12.6. The molecule has 1 aromatic heterocycles. The van der Waals surface area contributed by atoms with Crippen LogP contribution < -0.4 is 4.72 Å². The van der Waals surface area contributed by atoms with Gasteiger partial charge in [-0.3, -0.25) is 0 Å². The average Bonchev–Trinajstić information content (AvgIpc) is 3.14. The van der Waals surface area contributed by atoms with E-state index in [1.165, 1.54) is 0 Å². The highest BCUT2D eigenvalue weighted by atomic mass is 32.2. The summed E-state index contributed by atoms with van der Waals surface area (Å²) in [7, 11) is -3.73. The lowest BCUT2D eigenvalue weighted by atomic mass is 10.1. The van der Waals surface area contributed by atoms with Gasteiger partial charge < -0.3 is 9.64 Å². The van der Waals surface area contributed by atoms with Crippen LogP contribution in [0.4, 0.5) is 4.79 Å². The second kappa shape index (κ2) is 8.11. The molecule has 1 aromatic carbocycles. The van der Waals surface area contributed by atoms with E-state index in [0.29, 0.717) is 38.4 Å². The Morgan fingerprint density at radius 2 is 2.00 bits per heavy atom. The van der Waals surface area contributed by atoms with E-state index in [1.54, 1.807) is 11.8 Å². The molecular weight excluding hydrogens is 376 g/mol. The Morgan fingerprint density at radius 3 is 2.65 bits per heavy atom. The predicted molar refractivity (Wildman–Crippen MR) is 97.3 cm³/mol. The van der Waals surface area contributed by atoms with Crippen LogP contribution in [0, 0.1) is 0 Å². The van der Waals surface area contributed by atoms with Crippen molar-refractivity contribution in [3.63, 3.8) is 0 Å². The van der Waals surface area contributed by atoms with E-state index < -0.39 is 10.0 Å². The van der Waals surface area contributed by atoms with Crippen LogP contribution in [0.25, 0.3) is 11.4 Å². The van der Waals surface area contributed by atoms with Crippen molar-refractivity contribution in [2.45, 2.75) is 30.1 Å². The zero-order valence-corrected chi connectivity index (χ0v) is 15.9. The van der Waals surface area contributed by atoms with Crippen molar-refractivity contribution in [2.24, 2.45) is 0 Å². The quantitative estimate of drug-likeness (QED) is 0.830. The van der Waals surface area contributed by atoms with Crippen LogP contribution in [0.5, 0.6) is 0 Å². The minimum absolute atomic E-state index is 0.0517. The molecule has 1 amide bonds. The number of piperidine rings is 1. The third-order valence-corrected chi connectivity index (χ3v) is 6.60. The summed E-state index contributed by atoms with van der Waals surface area (Å²) in [5.41, 5.74) is 0.771. The molecule has 1 aliphatic heterocycles. The Balaban J connectivity index is 1.62. The number of nitrogens with zero attached hydrogens (tertiary/aromatic N) is 3. The van der Waals surface area contributed by atoms with Gasteiger partial charge in [0.2, 0.25) is 4.34 Å². The number of sulfonamides is 1. The molecule has 10 heteroatoms. The molecule has 0 atom stereocenters. The van der Waals surface area contributed by atoms with Crippen molar-refractivity contribution in [1.29, 1.82) is 0 Å². The Kier molecular flexibility index (Phi) is 5.84. The van der Waals surface area contributed by atoms with Crippen LogP contribution in [-0.2, 0) is 14.8 Å². The van der Waals surface area contributed by atoms with Crippen LogP contribution in [0.15, 0.2) is 34.7 Å². The molecule has 0 aliphatic carbocycles. The van der Waals surface area contributed by atoms with Gasteiger partial charge in [0.15, 0.2) is 5.82 Å². The predicted octanol–water partition coefficient (Wildman–Crippen LogP) is 2.10. The number of ether oxygens (including phenoxy) is 1. The summed E-state index contributed by atoms with van der Waals surface area (Å²) in [5.74, 6) is 0.396. The highest BCUT2D eigenvalue weighted by molar-refractivity contribution is 7.91. The van der Waals surface area contributed by atoms with Crippen LogP contribution in [0.3, 0.4) is 0 Å². The molecule has 1 saturated heterocycles. The largest absolute Gasteiger partial charge is 0.450 e. The van der Waals surface area contributed by atoms with Crippen molar-refractivity contribution in [3.8, 4) is 11.4 Å². The fourth-order valence-corrected chi connectivity index (χ4v) is 4.76. The third-order valence-electron chi connectivity index (χ3n) is 4.01. The highest BCUT2D eigenvalue weighted by Crippen LogP contribution is 2.22. The van der Waals surface area contributed by atoms with Crippen LogP contribution in [-0.4, -0.2) is 54.5 Å². The normalized spacial score (nSPS) is 15.8. The second-order valence-electron chi connectivity index (χ2n) is 5.83. The molecular formula is C16H20N4O4S2. The number of rotatable bonds is 5. The second-order valence-corrected chi connectivity index (χ2v) is 8.47. The molecule has 1 aliphatic rings. The minimum atomic E-state index is -3.73. The lowest BCUT2D eigenvalue weighted by Crippen LogP contribution is -2.46. The molecule has 0 radical (unpaired) electrons. The van der Waals surface area contributed by atoms with Crippen molar-refractivity contribution in [3.05, 3.63) is 30.3 Å². The van der Waals surface area contributed by atoms with Gasteiger partial charge in [-0.1, -0.05) is 30.3 Å². The first-order valence-corrected chi connectivity index (χ1v) is 10.6. The molecule has 1 fully saturated rings. The van der Waals surface area contributed by atoms with E-state index in [4.69, 9.17) is 4.74 Å².